The number of benzene rings is 1. The lowest BCUT2D eigenvalue weighted by molar-refractivity contribution is -0.146. The highest BCUT2D eigenvalue weighted by Gasteiger charge is 2.30. The Kier molecular flexibility index (Phi) is 9.12. The third-order valence-electron chi connectivity index (χ3n) is 3.73. The number of ether oxygens (including phenoxy) is 1. The third kappa shape index (κ3) is 8.33. The zero-order chi connectivity index (χ0) is 20.4. The molecule has 0 radical (unpaired) electrons. The van der Waals surface area contributed by atoms with Crippen LogP contribution < -0.4 is 10.6 Å². The van der Waals surface area contributed by atoms with Crippen molar-refractivity contribution in [3.8, 4) is 6.07 Å². The van der Waals surface area contributed by atoms with Crippen LogP contribution in [0.5, 0.6) is 0 Å². The fourth-order valence-corrected chi connectivity index (χ4v) is 2.51. The van der Waals surface area contributed by atoms with Crippen LogP contribution in [0.4, 0.5) is 5.69 Å². The smallest absolute Gasteiger partial charge is 0.316 e. The normalized spacial score (nSPS) is 12.6. The second-order valence-corrected chi connectivity index (χ2v) is 7.65. The highest BCUT2D eigenvalue weighted by molar-refractivity contribution is 8.00. The molecule has 1 rings (SSSR count). The van der Waals surface area contributed by atoms with E-state index in [4.69, 9.17) is 21.6 Å². The lowest BCUT2D eigenvalue weighted by Gasteiger charge is -2.27. The molecule has 1 atom stereocenters. The molecule has 0 saturated heterocycles. The van der Waals surface area contributed by atoms with Crippen LogP contribution in [0.2, 0.25) is 5.02 Å². The first-order valence-electron chi connectivity index (χ1n) is 8.17. The van der Waals surface area contributed by atoms with Crippen molar-refractivity contribution in [1.82, 2.24) is 5.32 Å². The van der Waals surface area contributed by atoms with Crippen LogP contribution in [0.25, 0.3) is 0 Å². The van der Waals surface area contributed by atoms with Gasteiger partial charge in [-0.05, 0) is 37.1 Å². The largest absolute Gasteiger partial charge is 0.455 e. The van der Waals surface area contributed by atoms with E-state index in [1.165, 1.54) is 0 Å². The van der Waals surface area contributed by atoms with E-state index in [1.807, 2.05) is 6.07 Å². The number of amides is 2. The zero-order valence-corrected chi connectivity index (χ0v) is 16.9. The minimum atomic E-state index is -1.03. The topological polar surface area (TPSA) is 108 Å². The summed E-state index contributed by atoms with van der Waals surface area (Å²) >= 11 is 6.83. The Bertz CT molecular complexity index is 718. The number of hydrogen-bond donors (Lipinski definition) is 2. The van der Waals surface area contributed by atoms with E-state index < -0.39 is 24.0 Å². The summed E-state index contributed by atoms with van der Waals surface area (Å²) in [5.41, 5.74) is -0.423. The zero-order valence-electron chi connectivity index (χ0n) is 15.4. The molecular formula is C18H22ClN3O4S. The highest BCUT2D eigenvalue weighted by Crippen LogP contribution is 2.15. The Hall–Kier alpha value is -2.24. The summed E-state index contributed by atoms with van der Waals surface area (Å²) in [7, 11) is 0. The molecule has 0 unspecified atom stereocenters. The lowest BCUT2D eigenvalue weighted by atomic mass is 9.90. The Labute approximate surface area is 167 Å². The molecule has 27 heavy (non-hydrogen) atoms. The van der Waals surface area contributed by atoms with Gasteiger partial charge in [-0.15, -0.1) is 11.8 Å². The molecule has 0 aromatic heterocycles. The summed E-state index contributed by atoms with van der Waals surface area (Å²) in [5.74, 6) is -1.54. The maximum atomic E-state index is 11.8. The molecule has 146 valence electrons. The fourth-order valence-electron chi connectivity index (χ4n) is 1.77. The Balaban J connectivity index is 2.27. The van der Waals surface area contributed by atoms with E-state index >= 15 is 0 Å². The molecule has 0 bridgehead atoms. The Morgan fingerprint density at radius 2 is 1.85 bits per heavy atom. The molecule has 1 aromatic carbocycles. The monoisotopic (exact) mass is 411 g/mol. The number of nitrogens with one attached hydrogen (secondary N) is 2. The van der Waals surface area contributed by atoms with E-state index in [0.717, 1.165) is 11.8 Å². The van der Waals surface area contributed by atoms with E-state index in [0.29, 0.717) is 10.7 Å². The van der Waals surface area contributed by atoms with E-state index in [1.54, 1.807) is 45.0 Å². The average molecular weight is 412 g/mol. The molecule has 1 aromatic rings. The number of nitriles is 1. The van der Waals surface area contributed by atoms with Gasteiger partial charge >= 0.3 is 5.97 Å². The van der Waals surface area contributed by atoms with Crippen LogP contribution in [0.15, 0.2) is 24.3 Å². The Morgan fingerprint density at radius 3 is 2.41 bits per heavy atom. The van der Waals surface area contributed by atoms with Crippen molar-refractivity contribution in [2.45, 2.75) is 26.3 Å². The number of rotatable bonds is 9. The predicted octanol–water partition coefficient (Wildman–Crippen LogP) is 2.61. The average Bonchev–Trinajstić information content (AvgIpc) is 2.61. The molecule has 7 nitrogen and oxygen atoms in total. The molecule has 0 saturated carbocycles. The maximum Gasteiger partial charge on any atom is 0.316 e. The Morgan fingerprint density at radius 1 is 1.22 bits per heavy atom. The quantitative estimate of drug-likeness (QED) is 0.604. The van der Waals surface area contributed by atoms with Crippen LogP contribution >= 0.6 is 23.4 Å². The van der Waals surface area contributed by atoms with Crippen molar-refractivity contribution in [2.75, 3.05) is 23.4 Å². The van der Waals surface area contributed by atoms with Gasteiger partial charge in [0.2, 0.25) is 5.91 Å². The molecule has 0 spiro atoms. The number of anilines is 1. The van der Waals surface area contributed by atoms with Crippen LogP contribution in [0, 0.1) is 17.2 Å². The van der Waals surface area contributed by atoms with Gasteiger partial charge in [-0.25, -0.2) is 0 Å². The molecule has 0 aliphatic heterocycles. The summed E-state index contributed by atoms with van der Waals surface area (Å²) in [6.07, 6.45) is 0. The van der Waals surface area contributed by atoms with E-state index in [-0.39, 0.29) is 23.3 Å². The van der Waals surface area contributed by atoms with Gasteiger partial charge in [0.15, 0.2) is 6.61 Å². The molecule has 9 heteroatoms. The van der Waals surface area contributed by atoms with Crippen LogP contribution in [0.1, 0.15) is 20.8 Å². The molecule has 0 fully saturated rings. The number of carbonyl (C=O) groups is 3. The van der Waals surface area contributed by atoms with Crippen LogP contribution in [-0.4, -0.2) is 41.4 Å². The van der Waals surface area contributed by atoms with Gasteiger partial charge in [0.1, 0.15) is 5.54 Å². The minimum absolute atomic E-state index is 0.0593. The predicted molar refractivity (Wildman–Crippen MR) is 105 cm³/mol. The standard InChI is InChI=1S/C18H22ClN3O4S/c1-12(2)18(3,11-20)22-15(23)8-26-17(25)10-27-9-16(24)21-14-6-4-13(19)5-7-14/h4-7,12H,8-10H2,1-3H3,(H,21,24)(H,22,23)/t18-/m1/s1. The second kappa shape index (κ2) is 10.8. The van der Waals surface area contributed by atoms with Crippen LogP contribution in [0.3, 0.4) is 0 Å². The van der Waals surface area contributed by atoms with Gasteiger partial charge in [0.05, 0.1) is 17.6 Å². The van der Waals surface area contributed by atoms with Crippen molar-refractivity contribution in [3.63, 3.8) is 0 Å². The first kappa shape index (κ1) is 22.8. The molecule has 2 amide bonds. The highest BCUT2D eigenvalue weighted by atomic mass is 35.5. The fraction of sp³-hybridized carbons (Fsp3) is 0.444. The van der Waals surface area contributed by atoms with Gasteiger partial charge in [-0.3, -0.25) is 14.4 Å². The minimum Gasteiger partial charge on any atom is -0.455 e. The summed E-state index contributed by atoms with van der Waals surface area (Å²) in [4.78, 5) is 35.3. The summed E-state index contributed by atoms with van der Waals surface area (Å²) in [6.45, 7) is 4.75. The van der Waals surface area contributed by atoms with Crippen molar-refractivity contribution in [2.24, 2.45) is 5.92 Å². The van der Waals surface area contributed by atoms with Crippen molar-refractivity contribution in [1.29, 1.82) is 5.26 Å². The maximum absolute atomic E-state index is 11.8. The van der Waals surface area contributed by atoms with E-state index in [9.17, 15) is 14.4 Å². The molecule has 2 N–H and O–H groups in total. The van der Waals surface area contributed by atoms with Gasteiger partial charge in [0, 0.05) is 10.7 Å². The summed E-state index contributed by atoms with van der Waals surface area (Å²) in [5, 5.41) is 14.9. The lowest BCUT2D eigenvalue weighted by Crippen LogP contribution is -2.50. The molecule has 0 aliphatic rings. The SMILES string of the molecule is CC(C)[C@@](C)(C#N)NC(=O)COC(=O)CSCC(=O)Nc1ccc(Cl)cc1. The van der Waals surface area contributed by atoms with Crippen molar-refractivity contribution in [3.05, 3.63) is 29.3 Å². The number of thioether (sulfide) groups is 1. The van der Waals surface area contributed by atoms with Crippen LogP contribution in [-0.2, 0) is 19.1 Å². The summed E-state index contributed by atoms with van der Waals surface area (Å²) in [6, 6.07) is 8.69. The first-order valence-corrected chi connectivity index (χ1v) is 9.70. The molecular weight excluding hydrogens is 390 g/mol. The summed E-state index contributed by atoms with van der Waals surface area (Å²) < 4.78 is 4.86. The number of esters is 1. The van der Waals surface area contributed by atoms with Gasteiger partial charge in [-0.2, -0.15) is 5.26 Å². The number of nitrogens with zero attached hydrogens (tertiary/aromatic N) is 1. The van der Waals surface area contributed by atoms with Gasteiger partial charge in [-0.1, -0.05) is 25.4 Å². The number of hydrogen-bond acceptors (Lipinski definition) is 6. The van der Waals surface area contributed by atoms with Gasteiger partial charge in [0.25, 0.3) is 5.91 Å². The first-order chi connectivity index (χ1) is 12.7. The van der Waals surface area contributed by atoms with E-state index in [2.05, 4.69) is 10.6 Å². The molecule has 0 heterocycles. The number of carbonyl (C=O) groups excluding carboxylic acids is 3. The molecule has 0 aliphatic carbocycles. The number of halogens is 1. The van der Waals surface area contributed by atoms with Crippen molar-refractivity contribution >= 4 is 46.8 Å². The third-order valence-corrected chi connectivity index (χ3v) is 4.89. The van der Waals surface area contributed by atoms with Crippen molar-refractivity contribution < 1.29 is 19.1 Å². The van der Waals surface area contributed by atoms with Gasteiger partial charge < -0.3 is 15.4 Å². The second-order valence-electron chi connectivity index (χ2n) is 6.23.